The van der Waals surface area contributed by atoms with E-state index < -0.39 is 17.2 Å². The summed E-state index contributed by atoms with van der Waals surface area (Å²) in [4.78, 5) is 24.5. The van der Waals surface area contributed by atoms with Crippen molar-refractivity contribution in [2.75, 3.05) is 6.61 Å². The molecule has 0 aromatic rings. The summed E-state index contributed by atoms with van der Waals surface area (Å²) in [6.07, 6.45) is 0.776. The minimum atomic E-state index is -0.685. The van der Waals surface area contributed by atoms with Crippen molar-refractivity contribution in [1.82, 2.24) is 4.90 Å². The van der Waals surface area contributed by atoms with E-state index in [2.05, 4.69) is 0 Å². The van der Waals surface area contributed by atoms with Crippen molar-refractivity contribution in [2.24, 2.45) is 5.41 Å². The van der Waals surface area contributed by atoms with E-state index in [0.29, 0.717) is 6.61 Å². The lowest BCUT2D eigenvalue weighted by Crippen LogP contribution is -2.52. The van der Waals surface area contributed by atoms with E-state index in [1.165, 1.54) is 0 Å². The van der Waals surface area contributed by atoms with Gasteiger partial charge in [-0.25, -0.2) is 0 Å². The second kappa shape index (κ2) is 3.59. The summed E-state index contributed by atoms with van der Waals surface area (Å²) in [5.41, 5.74) is -1.18. The smallest absolute Gasteiger partial charge is 0.230 e. The van der Waals surface area contributed by atoms with E-state index in [1.807, 2.05) is 20.8 Å². The van der Waals surface area contributed by atoms with E-state index >= 15 is 0 Å². The Balaban J connectivity index is 2.99. The van der Waals surface area contributed by atoms with Crippen molar-refractivity contribution < 1.29 is 14.3 Å². The molecule has 0 aromatic heterocycles. The molecule has 1 rings (SSSR count). The monoisotopic (exact) mass is 213 g/mol. The Bertz CT molecular complexity index is 278. The Morgan fingerprint density at radius 3 is 2.40 bits per heavy atom. The van der Waals surface area contributed by atoms with E-state index in [-0.39, 0.29) is 5.91 Å². The zero-order valence-corrected chi connectivity index (χ0v) is 10.0. The van der Waals surface area contributed by atoms with E-state index in [9.17, 15) is 9.59 Å². The first-order valence-electron chi connectivity index (χ1n) is 5.13. The average molecular weight is 213 g/mol. The van der Waals surface area contributed by atoms with E-state index in [1.54, 1.807) is 18.7 Å². The summed E-state index contributed by atoms with van der Waals surface area (Å²) in [6, 6.07) is -0.452. The summed E-state index contributed by atoms with van der Waals surface area (Å²) >= 11 is 0. The number of hydrogen-bond donors (Lipinski definition) is 0. The van der Waals surface area contributed by atoms with Gasteiger partial charge in [0.05, 0.1) is 6.61 Å². The molecule has 0 aliphatic carbocycles. The van der Waals surface area contributed by atoms with Gasteiger partial charge in [0.2, 0.25) is 5.91 Å². The summed E-state index contributed by atoms with van der Waals surface area (Å²) in [5, 5.41) is 0. The van der Waals surface area contributed by atoms with Crippen molar-refractivity contribution in [3.8, 4) is 0 Å². The van der Waals surface area contributed by atoms with Crippen molar-refractivity contribution in [3.63, 3.8) is 0 Å². The van der Waals surface area contributed by atoms with Crippen molar-refractivity contribution in [3.05, 3.63) is 0 Å². The first-order chi connectivity index (χ1) is 6.70. The number of carbonyl (C=O) groups excluding carboxylic acids is 2. The van der Waals surface area contributed by atoms with Gasteiger partial charge >= 0.3 is 0 Å². The number of rotatable bonds is 1. The third-order valence-corrected chi connectivity index (χ3v) is 2.54. The summed E-state index contributed by atoms with van der Waals surface area (Å²) in [6.45, 7) is 9.42. The number of carbonyl (C=O) groups is 2. The van der Waals surface area contributed by atoms with Gasteiger partial charge in [-0.2, -0.15) is 0 Å². The predicted octanol–water partition coefficient (Wildman–Crippen LogP) is 1.19. The van der Waals surface area contributed by atoms with Crippen LogP contribution in [0.2, 0.25) is 0 Å². The lowest BCUT2D eigenvalue weighted by Gasteiger charge is -2.36. The van der Waals surface area contributed by atoms with Crippen LogP contribution in [0.3, 0.4) is 0 Å². The molecular formula is C11H19NO3. The fourth-order valence-corrected chi connectivity index (χ4v) is 1.69. The SMILES string of the molecule is CC(C)(C)C(=O)N1[C@@H](C=O)COC1(C)C. The van der Waals surface area contributed by atoms with Gasteiger partial charge in [-0.3, -0.25) is 4.79 Å². The van der Waals surface area contributed by atoms with Gasteiger partial charge in [0.1, 0.15) is 18.1 Å². The predicted molar refractivity (Wildman–Crippen MR) is 56.2 cm³/mol. The standard InChI is InChI=1S/C11H19NO3/c1-10(2,3)9(14)12-8(6-13)7-15-11(12,4)5/h6,8H,7H2,1-5H3/t8-/m0/s1. The molecule has 1 heterocycles. The van der Waals surface area contributed by atoms with Crippen LogP contribution in [0, 0.1) is 5.41 Å². The van der Waals surface area contributed by atoms with E-state index in [0.717, 1.165) is 6.29 Å². The third-order valence-electron chi connectivity index (χ3n) is 2.54. The molecule has 1 aliphatic rings. The van der Waals surface area contributed by atoms with Gasteiger partial charge in [-0.1, -0.05) is 20.8 Å². The maximum absolute atomic E-state index is 12.1. The summed E-state index contributed by atoms with van der Waals surface area (Å²) in [7, 11) is 0. The van der Waals surface area contributed by atoms with Crippen LogP contribution in [0.5, 0.6) is 0 Å². The lowest BCUT2D eigenvalue weighted by atomic mass is 9.93. The molecular weight excluding hydrogens is 194 g/mol. The molecule has 0 bridgehead atoms. The quantitative estimate of drug-likeness (QED) is 0.615. The highest BCUT2D eigenvalue weighted by Gasteiger charge is 2.46. The van der Waals surface area contributed by atoms with Crippen LogP contribution >= 0.6 is 0 Å². The first-order valence-corrected chi connectivity index (χ1v) is 5.13. The third kappa shape index (κ3) is 2.20. The van der Waals surface area contributed by atoms with Crippen molar-refractivity contribution >= 4 is 12.2 Å². The zero-order valence-electron chi connectivity index (χ0n) is 10.0. The first kappa shape index (κ1) is 12.2. The number of hydrogen-bond acceptors (Lipinski definition) is 3. The van der Waals surface area contributed by atoms with E-state index in [4.69, 9.17) is 4.74 Å². The normalized spacial score (nSPS) is 25.4. The minimum Gasteiger partial charge on any atom is -0.354 e. The van der Waals surface area contributed by atoms with Crippen LogP contribution in [-0.2, 0) is 14.3 Å². The highest BCUT2D eigenvalue weighted by molar-refractivity contribution is 5.85. The second-order valence-corrected chi connectivity index (χ2v) is 5.39. The zero-order chi connectivity index (χ0) is 11.9. The molecule has 4 heteroatoms. The fraction of sp³-hybridized carbons (Fsp3) is 0.818. The van der Waals surface area contributed by atoms with Crippen LogP contribution in [0.4, 0.5) is 0 Å². The van der Waals surface area contributed by atoms with Crippen LogP contribution in [0.1, 0.15) is 34.6 Å². The molecule has 1 amide bonds. The number of nitrogens with zero attached hydrogens (tertiary/aromatic N) is 1. The molecule has 4 nitrogen and oxygen atoms in total. The van der Waals surface area contributed by atoms with Crippen molar-refractivity contribution in [2.45, 2.75) is 46.4 Å². The Morgan fingerprint density at radius 1 is 1.47 bits per heavy atom. The molecule has 86 valence electrons. The Labute approximate surface area is 90.6 Å². The summed E-state index contributed by atoms with van der Waals surface area (Å²) < 4.78 is 5.45. The van der Waals surface area contributed by atoms with Gasteiger partial charge in [-0.05, 0) is 13.8 Å². The molecule has 1 atom stereocenters. The lowest BCUT2D eigenvalue weighted by molar-refractivity contribution is -0.155. The molecule has 0 aromatic carbocycles. The second-order valence-electron chi connectivity index (χ2n) is 5.39. The van der Waals surface area contributed by atoms with Crippen LogP contribution < -0.4 is 0 Å². The molecule has 0 N–H and O–H groups in total. The molecule has 0 spiro atoms. The fourth-order valence-electron chi connectivity index (χ4n) is 1.69. The molecule has 1 aliphatic heterocycles. The van der Waals surface area contributed by atoms with Crippen LogP contribution in [0.15, 0.2) is 0 Å². The van der Waals surface area contributed by atoms with Crippen molar-refractivity contribution in [1.29, 1.82) is 0 Å². The van der Waals surface area contributed by atoms with Gasteiger partial charge in [-0.15, -0.1) is 0 Å². The molecule has 0 saturated carbocycles. The van der Waals surface area contributed by atoms with Gasteiger partial charge in [0.15, 0.2) is 0 Å². The van der Waals surface area contributed by atoms with Gasteiger partial charge in [0.25, 0.3) is 0 Å². The Morgan fingerprint density at radius 2 is 2.00 bits per heavy atom. The van der Waals surface area contributed by atoms with Crippen LogP contribution in [0.25, 0.3) is 0 Å². The molecule has 0 radical (unpaired) electrons. The average Bonchev–Trinajstić information content (AvgIpc) is 2.37. The molecule has 15 heavy (non-hydrogen) atoms. The Kier molecular flexibility index (Phi) is 2.92. The van der Waals surface area contributed by atoms with Gasteiger partial charge in [0, 0.05) is 5.41 Å². The van der Waals surface area contributed by atoms with Gasteiger partial charge < -0.3 is 14.4 Å². The summed E-state index contributed by atoms with van der Waals surface area (Å²) in [5.74, 6) is -0.0536. The van der Waals surface area contributed by atoms with Crippen LogP contribution in [-0.4, -0.2) is 35.5 Å². The number of amides is 1. The topological polar surface area (TPSA) is 46.6 Å². The molecule has 1 fully saturated rings. The number of ether oxygens (including phenoxy) is 1. The largest absolute Gasteiger partial charge is 0.354 e. The minimum absolute atomic E-state index is 0.0536. The Hall–Kier alpha value is -0.900. The number of aldehydes is 1. The highest BCUT2D eigenvalue weighted by Crippen LogP contribution is 2.31. The molecule has 1 saturated heterocycles. The maximum Gasteiger partial charge on any atom is 0.230 e. The maximum atomic E-state index is 12.1. The highest BCUT2D eigenvalue weighted by atomic mass is 16.5. The molecule has 0 unspecified atom stereocenters.